The minimum absolute atomic E-state index is 0.0184. The number of amides is 1. The third kappa shape index (κ3) is 4.18. The minimum Gasteiger partial charge on any atom is -0.497 e. The van der Waals surface area contributed by atoms with Gasteiger partial charge in [0, 0.05) is 11.3 Å². The summed E-state index contributed by atoms with van der Waals surface area (Å²) in [6.45, 7) is 0.266. The molecule has 6 rings (SSSR count). The van der Waals surface area contributed by atoms with E-state index in [1.807, 2.05) is 12.1 Å². The van der Waals surface area contributed by atoms with Gasteiger partial charge in [0.1, 0.15) is 12.4 Å². The van der Waals surface area contributed by atoms with Crippen LogP contribution in [0, 0.1) is 29.6 Å². The summed E-state index contributed by atoms with van der Waals surface area (Å²) < 4.78 is 10.9. The number of nitrogens with one attached hydrogen (secondary N) is 1. The number of methoxy groups -OCH3 is 1. The van der Waals surface area contributed by atoms with Crippen LogP contribution in [0.5, 0.6) is 5.75 Å². The largest absolute Gasteiger partial charge is 0.497 e. The van der Waals surface area contributed by atoms with E-state index in [0.29, 0.717) is 23.1 Å². The van der Waals surface area contributed by atoms with Crippen LogP contribution in [0.1, 0.15) is 48.0 Å². The average molecular weight is 420 g/mol. The molecule has 4 saturated carbocycles. The molecule has 0 heterocycles. The molecule has 0 unspecified atom stereocenters. The predicted molar refractivity (Wildman–Crippen MR) is 118 cm³/mol. The standard InChI is InChI=1S/C26H29NO4/c1-30-23-8-6-22(7-9-23)27-25(28)19-4-2-16(3-5-19)15-31-26(29)24-20-11-17-10-18(13-20)14-21(24)12-17/h2-9,17-18,20-21,24H,10-15H2,1H3,(H,27,28). The van der Waals surface area contributed by atoms with E-state index in [1.165, 1.54) is 32.1 Å². The van der Waals surface area contributed by atoms with Gasteiger partial charge in [-0.2, -0.15) is 0 Å². The smallest absolute Gasteiger partial charge is 0.309 e. The molecule has 162 valence electrons. The molecule has 0 aliphatic heterocycles. The van der Waals surface area contributed by atoms with Gasteiger partial charge in [-0.15, -0.1) is 0 Å². The average Bonchev–Trinajstić information content (AvgIpc) is 2.78. The highest BCUT2D eigenvalue weighted by Gasteiger charge is 2.51. The maximum Gasteiger partial charge on any atom is 0.309 e. The maximum absolute atomic E-state index is 12.8. The van der Waals surface area contributed by atoms with Crippen molar-refractivity contribution in [3.05, 3.63) is 59.7 Å². The Morgan fingerprint density at radius 2 is 1.48 bits per heavy atom. The first-order valence-corrected chi connectivity index (χ1v) is 11.3. The monoisotopic (exact) mass is 419 g/mol. The zero-order valence-corrected chi connectivity index (χ0v) is 17.9. The molecule has 0 spiro atoms. The number of esters is 1. The molecule has 5 nitrogen and oxygen atoms in total. The molecule has 0 aromatic heterocycles. The van der Waals surface area contributed by atoms with Gasteiger partial charge in [0.2, 0.25) is 0 Å². The minimum atomic E-state index is -0.178. The summed E-state index contributed by atoms with van der Waals surface area (Å²) in [4.78, 5) is 25.3. The van der Waals surface area contributed by atoms with E-state index in [0.717, 1.165) is 23.1 Å². The van der Waals surface area contributed by atoms with Crippen LogP contribution in [0.15, 0.2) is 48.5 Å². The van der Waals surface area contributed by atoms with Crippen LogP contribution in [-0.2, 0) is 16.1 Å². The second-order valence-corrected chi connectivity index (χ2v) is 9.44. The topological polar surface area (TPSA) is 64.6 Å². The zero-order chi connectivity index (χ0) is 21.4. The van der Waals surface area contributed by atoms with Gasteiger partial charge in [-0.3, -0.25) is 9.59 Å². The van der Waals surface area contributed by atoms with Crippen molar-refractivity contribution in [2.75, 3.05) is 12.4 Å². The Hall–Kier alpha value is -2.82. The van der Waals surface area contributed by atoms with Crippen molar-refractivity contribution in [2.24, 2.45) is 29.6 Å². The molecule has 0 saturated heterocycles. The molecule has 4 bridgehead atoms. The molecule has 31 heavy (non-hydrogen) atoms. The zero-order valence-electron chi connectivity index (χ0n) is 17.9. The third-order valence-corrected chi connectivity index (χ3v) is 7.44. The van der Waals surface area contributed by atoms with E-state index in [4.69, 9.17) is 9.47 Å². The van der Waals surface area contributed by atoms with Crippen LogP contribution in [0.3, 0.4) is 0 Å². The molecule has 2 aromatic carbocycles. The summed E-state index contributed by atoms with van der Waals surface area (Å²) in [7, 11) is 1.61. The lowest BCUT2D eigenvalue weighted by Gasteiger charge is -2.53. The normalized spacial score (nSPS) is 28.2. The Morgan fingerprint density at radius 1 is 0.871 bits per heavy atom. The van der Waals surface area contributed by atoms with Gasteiger partial charge in [0.25, 0.3) is 5.91 Å². The molecule has 5 heteroatoms. The number of hydrogen-bond donors (Lipinski definition) is 1. The molecule has 1 N–H and O–H groups in total. The SMILES string of the molecule is COc1ccc(NC(=O)c2ccc(COC(=O)C3C4CC5CC(C4)CC3C5)cc2)cc1. The fraction of sp³-hybridized carbons (Fsp3) is 0.462. The molecule has 0 atom stereocenters. The second-order valence-electron chi connectivity index (χ2n) is 9.44. The number of carbonyl (C=O) groups excluding carboxylic acids is 2. The Balaban J connectivity index is 1.15. The van der Waals surface area contributed by atoms with Crippen molar-refractivity contribution in [1.29, 1.82) is 0 Å². The Labute approximate surface area is 183 Å². The highest BCUT2D eigenvalue weighted by Crippen LogP contribution is 2.56. The van der Waals surface area contributed by atoms with E-state index < -0.39 is 0 Å². The third-order valence-electron chi connectivity index (χ3n) is 7.44. The van der Waals surface area contributed by atoms with Crippen molar-refractivity contribution in [3.63, 3.8) is 0 Å². The highest BCUT2D eigenvalue weighted by atomic mass is 16.5. The molecule has 4 fully saturated rings. The number of benzene rings is 2. The van der Waals surface area contributed by atoms with Gasteiger partial charge >= 0.3 is 5.97 Å². The number of ether oxygens (including phenoxy) is 2. The van der Waals surface area contributed by atoms with E-state index in [9.17, 15) is 9.59 Å². The predicted octanol–water partition coefficient (Wildman–Crippen LogP) is 5.06. The Morgan fingerprint density at radius 3 is 2.06 bits per heavy atom. The number of rotatable bonds is 6. The molecule has 0 radical (unpaired) electrons. The van der Waals surface area contributed by atoms with Crippen LogP contribution in [-0.4, -0.2) is 19.0 Å². The van der Waals surface area contributed by atoms with Gasteiger partial charge in [-0.25, -0.2) is 0 Å². The summed E-state index contributed by atoms with van der Waals surface area (Å²) in [6, 6.07) is 14.5. The molecule has 4 aliphatic carbocycles. The quantitative estimate of drug-likeness (QED) is 0.665. The number of hydrogen-bond acceptors (Lipinski definition) is 4. The lowest BCUT2D eigenvalue weighted by atomic mass is 9.52. The van der Waals surface area contributed by atoms with E-state index in [-0.39, 0.29) is 24.4 Å². The fourth-order valence-corrected chi connectivity index (χ4v) is 6.19. The maximum atomic E-state index is 12.8. The summed E-state index contributed by atoms with van der Waals surface area (Å²) in [6.07, 6.45) is 6.23. The summed E-state index contributed by atoms with van der Waals surface area (Å²) in [5.41, 5.74) is 2.17. The van der Waals surface area contributed by atoms with E-state index >= 15 is 0 Å². The van der Waals surface area contributed by atoms with Crippen molar-refractivity contribution in [1.82, 2.24) is 0 Å². The van der Waals surface area contributed by atoms with Crippen molar-refractivity contribution >= 4 is 17.6 Å². The first kappa shape index (κ1) is 20.1. The molecular weight excluding hydrogens is 390 g/mol. The molecule has 2 aromatic rings. The number of anilines is 1. The van der Waals surface area contributed by atoms with Crippen LogP contribution < -0.4 is 10.1 Å². The van der Waals surface area contributed by atoms with Gasteiger partial charge in [0.15, 0.2) is 0 Å². The van der Waals surface area contributed by atoms with Crippen LogP contribution in [0.25, 0.3) is 0 Å². The Kier molecular flexibility index (Phi) is 5.43. The van der Waals surface area contributed by atoms with Gasteiger partial charge in [0.05, 0.1) is 13.0 Å². The fourth-order valence-electron chi connectivity index (χ4n) is 6.19. The van der Waals surface area contributed by atoms with Crippen molar-refractivity contribution in [2.45, 2.75) is 38.7 Å². The summed E-state index contributed by atoms with van der Waals surface area (Å²) in [5.74, 6) is 3.41. The van der Waals surface area contributed by atoms with Crippen LogP contribution >= 0.6 is 0 Å². The van der Waals surface area contributed by atoms with E-state index in [2.05, 4.69) is 5.32 Å². The van der Waals surface area contributed by atoms with Crippen molar-refractivity contribution < 1.29 is 19.1 Å². The van der Waals surface area contributed by atoms with Gasteiger partial charge < -0.3 is 14.8 Å². The van der Waals surface area contributed by atoms with Crippen LogP contribution in [0.4, 0.5) is 5.69 Å². The molecule has 4 aliphatic rings. The summed E-state index contributed by atoms with van der Waals surface area (Å²) >= 11 is 0. The highest BCUT2D eigenvalue weighted by molar-refractivity contribution is 6.04. The van der Waals surface area contributed by atoms with Gasteiger partial charge in [-0.1, -0.05) is 12.1 Å². The molecular formula is C26H29NO4. The van der Waals surface area contributed by atoms with Gasteiger partial charge in [-0.05, 0) is 97.7 Å². The summed E-state index contributed by atoms with van der Waals surface area (Å²) in [5, 5.41) is 2.87. The van der Waals surface area contributed by atoms with Crippen LogP contribution in [0.2, 0.25) is 0 Å². The first-order valence-electron chi connectivity index (χ1n) is 11.3. The Bertz CT molecular complexity index is 922. The second kappa shape index (κ2) is 8.37. The lowest BCUT2D eigenvalue weighted by Crippen LogP contribution is -2.48. The van der Waals surface area contributed by atoms with Crippen molar-refractivity contribution in [3.8, 4) is 5.75 Å². The lowest BCUT2D eigenvalue weighted by molar-refractivity contribution is -0.163. The number of carbonyl (C=O) groups is 2. The first-order chi connectivity index (χ1) is 15.1. The molecule has 1 amide bonds. The van der Waals surface area contributed by atoms with E-state index in [1.54, 1.807) is 43.5 Å².